The third-order valence-corrected chi connectivity index (χ3v) is 5.36. The summed E-state index contributed by atoms with van der Waals surface area (Å²) in [7, 11) is -3.82. The molecule has 0 unspecified atom stereocenters. The normalized spacial score (nSPS) is 12.1. The topological polar surface area (TPSA) is 148 Å². The smallest absolute Gasteiger partial charge is 0.264 e. The van der Waals surface area contributed by atoms with Gasteiger partial charge in [0.15, 0.2) is 0 Å². The molecule has 3 rings (SSSR count). The lowest BCUT2D eigenvalue weighted by molar-refractivity contribution is 0.430. The number of sulfonamides is 1. The summed E-state index contributed by atoms with van der Waals surface area (Å²) in [5, 5.41) is 6.61. The van der Waals surface area contributed by atoms with Crippen molar-refractivity contribution in [2.45, 2.75) is 32.6 Å². The van der Waals surface area contributed by atoms with Crippen LogP contribution in [0.4, 0.5) is 17.5 Å². The van der Waals surface area contributed by atoms with Gasteiger partial charge in [0.05, 0.1) is 10.6 Å². The second-order valence-electron chi connectivity index (χ2n) is 6.42. The maximum Gasteiger partial charge on any atom is 0.264 e. The number of aliphatic imine (C=N–C) groups is 1. The first-order valence-corrected chi connectivity index (χ1v) is 10.1. The number of aryl methyl sites for hydroxylation is 3. The van der Waals surface area contributed by atoms with Gasteiger partial charge in [-0.3, -0.25) is 0 Å². The summed E-state index contributed by atoms with van der Waals surface area (Å²) in [6.07, 6.45) is 0. The number of guanidine groups is 1. The molecule has 10 nitrogen and oxygen atoms in total. The van der Waals surface area contributed by atoms with Crippen LogP contribution in [0.25, 0.3) is 0 Å². The van der Waals surface area contributed by atoms with Crippen molar-refractivity contribution in [3.05, 3.63) is 53.0 Å². The van der Waals surface area contributed by atoms with Crippen molar-refractivity contribution in [2.24, 2.45) is 10.7 Å². The van der Waals surface area contributed by atoms with E-state index < -0.39 is 10.0 Å². The quantitative estimate of drug-likeness (QED) is 0.425. The van der Waals surface area contributed by atoms with Crippen LogP contribution in [0.2, 0.25) is 0 Å². The maximum atomic E-state index is 12.5. The minimum atomic E-state index is -3.82. The summed E-state index contributed by atoms with van der Waals surface area (Å²) in [6, 6.07) is 7.83. The van der Waals surface area contributed by atoms with Crippen LogP contribution in [0, 0.1) is 27.7 Å². The molecule has 0 atom stereocenters. The van der Waals surface area contributed by atoms with Gasteiger partial charge in [0, 0.05) is 22.6 Å². The van der Waals surface area contributed by atoms with E-state index in [2.05, 4.69) is 30.2 Å². The van der Waals surface area contributed by atoms with Crippen molar-refractivity contribution in [1.29, 1.82) is 0 Å². The highest BCUT2D eigenvalue weighted by molar-refractivity contribution is 7.92. The van der Waals surface area contributed by atoms with Crippen LogP contribution in [0.15, 0.2) is 44.7 Å². The van der Waals surface area contributed by atoms with Gasteiger partial charge in [0.25, 0.3) is 16.0 Å². The van der Waals surface area contributed by atoms with Crippen LogP contribution >= 0.6 is 0 Å². The molecular formula is C18H21N7O3S. The molecule has 0 aliphatic heterocycles. The van der Waals surface area contributed by atoms with E-state index in [9.17, 15) is 8.42 Å². The molecule has 0 radical (unpaired) electrons. The van der Waals surface area contributed by atoms with Crippen molar-refractivity contribution in [3.63, 3.8) is 0 Å². The zero-order chi connectivity index (χ0) is 21.2. The highest BCUT2D eigenvalue weighted by Crippen LogP contribution is 2.22. The van der Waals surface area contributed by atoms with Crippen LogP contribution in [-0.2, 0) is 10.0 Å². The fourth-order valence-corrected chi connectivity index (χ4v) is 3.50. The summed E-state index contributed by atoms with van der Waals surface area (Å²) in [5.41, 5.74) is 9.25. The summed E-state index contributed by atoms with van der Waals surface area (Å²) in [4.78, 5) is 12.6. The van der Waals surface area contributed by atoms with Crippen LogP contribution in [0.5, 0.6) is 0 Å². The summed E-state index contributed by atoms with van der Waals surface area (Å²) in [5.74, 6) is 0.416. The number of hydrogen-bond donors (Lipinski definition) is 3. The Kier molecular flexibility index (Phi) is 5.50. The van der Waals surface area contributed by atoms with E-state index in [4.69, 9.17) is 10.3 Å². The van der Waals surface area contributed by atoms with Crippen molar-refractivity contribution in [1.82, 2.24) is 15.1 Å². The number of aromatic nitrogens is 3. The Hall–Kier alpha value is -3.47. The van der Waals surface area contributed by atoms with Crippen LogP contribution in [-0.4, -0.2) is 29.5 Å². The van der Waals surface area contributed by atoms with E-state index in [1.54, 1.807) is 26.0 Å². The largest absolute Gasteiger partial charge is 0.369 e. The monoisotopic (exact) mass is 415 g/mol. The highest BCUT2D eigenvalue weighted by atomic mass is 32.2. The van der Waals surface area contributed by atoms with Gasteiger partial charge in [-0.15, -0.1) is 0 Å². The molecule has 0 aliphatic rings. The second-order valence-corrected chi connectivity index (χ2v) is 8.11. The van der Waals surface area contributed by atoms with E-state index in [0.717, 1.165) is 11.4 Å². The molecule has 3 aromatic rings. The van der Waals surface area contributed by atoms with Crippen molar-refractivity contribution >= 4 is 33.5 Å². The Balaban J connectivity index is 1.74. The Morgan fingerprint density at radius 2 is 1.69 bits per heavy atom. The number of hydrogen-bond acceptors (Lipinski definition) is 7. The molecule has 29 heavy (non-hydrogen) atoms. The summed E-state index contributed by atoms with van der Waals surface area (Å²) >= 11 is 0. The van der Waals surface area contributed by atoms with Gasteiger partial charge in [0.2, 0.25) is 11.8 Å². The third kappa shape index (κ3) is 4.88. The molecule has 4 N–H and O–H groups in total. The minimum Gasteiger partial charge on any atom is -0.369 e. The van der Waals surface area contributed by atoms with Gasteiger partial charge < -0.3 is 15.6 Å². The molecule has 11 heteroatoms. The summed E-state index contributed by atoms with van der Waals surface area (Å²) < 4.78 is 32.4. The van der Waals surface area contributed by atoms with Crippen LogP contribution < -0.4 is 15.8 Å². The predicted molar refractivity (Wildman–Crippen MR) is 110 cm³/mol. The first-order chi connectivity index (χ1) is 13.6. The lowest BCUT2D eigenvalue weighted by Gasteiger charge is -2.08. The van der Waals surface area contributed by atoms with E-state index in [-0.39, 0.29) is 22.7 Å². The van der Waals surface area contributed by atoms with Gasteiger partial charge in [-0.05, 0) is 58.0 Å². The molecule has 1 aromatic carbocycles. The summed E-state index contributed by atoms with van der Waals surface area (Å²) in [6.45, 7) is 7.13. The number of anilines is 2. The Morgan fingerprint density at radius 3 is 2.24 bits per heavy atom. The van der Waals surface area contributed by atoms with E-state index >= 15 is 0 Å². The number of nitrogens with zero attached hydrogens (tertiary/aromatic N) is 4. The number of nitrogens with two attached hydrogens (primary N) is 1. The zero-order valence-corrected chi connectivity index (χ0v) is 17.2. The van der Waals surface area contributed by atoms with E-state index in [0.29, 0.717) is 16.9 Å². The Morgan fingerprint density at radius 1 is 1.07 bits per heavy atom. The van der Waals surface area contributed by atoms with Crippen molar-refractivity contribution in [3.8, 4) is 0 Å². The molecule has 0 aliphatic carbocycles. The molecule has 0 saturated carbocycles. The number of benzene rings is 1. The average molecular weight is 415 g/mol. The molecule has 0 saturated heterocycles. The van der Waals surface area contributed by atoms with Crippen LogP contribution in [0.1, 0.15) is 22.6 Å². The third-order valence-electron chi connectivity index (χ3n) is 4.01. The molecular weight excluding hydrogens is 394 g/mol. The lowest BCUT2D eigenvalue weighted by Crippen LogP contribution is -2.22. The van der Waals surface area contributed by atoms with Gasteiger partial charge in [-0.25, -0.2) is 23.1 Å². The molecule has 0 amide bonds. The molecule has 0 fully saturated rings. The SMILES string of the molecule is Cc1cc(C)nc(/N=C(\N)Nc2ccc(S(=O)(=O)Nc3onc(C)c3C)cc2)n1. The van der Waals surface area contributed by atoms with Gasteiger partial charge in [-0.1, -0.05) is 5.16 Å². The predicted octanol–water partition coefficient (Wildman–Crippen LogP) is 2.56. The fourth-order valence-electron chi connectivity index (χ4n) is 2.45. The van der Waals surface area contributed by atoms with Crippen LogP contribution in [0.3, 0.4) is 0 Å². The molecule has 152 valence electrons. The number of nitrogens with one attached hydrogen (secondary N) is 2. The minimum absolute atomic E-state index is 0.0599. The average Bonchev–Trinajstić information content (AvgIpc) is 2.93. The number of rotatable bonds is 5. The first kappa shape index (κ1) is 20.3. The van der Waals surface area contributed by atoms with E-state index in [1.807, 2.05) is 19.9 Å². The fraction of sp³-hybridized carbons (Fsp3) is 0.222. The van der Waals surface area contributed by atoms with E-state index in [1.165, 1.54) is 12.1 Å². The molecule has 0 spiro atoms. The first-order valence-electron chi connectivity index (χ1n) is 8.63. The Labute approximate surface area is 168 Å². The van der Waals surface area contributed by atoms with Gasteiger partial charge in [-0.2, -0.15) is 4.99 Å². The van der Waals surface area contributed by atoms with Crippen molar-refractivity contribution in [2.75, 3.05) is 10.0 Å². The maximum absolute atomic E-state index is 12.5. The van der Waals surface area contributed by atoms with Gasteiger partial charge in [0.1, 0.15) is 0 Å². The Bertz CT molecular complexity index is 1150. The molecule has 2 aromatic heterocycles. The molecule has 0 bridgehead atoms. The zero-order valence-electron chi connectivity index (χ0n) is 16.4. The van der Waals surface area contributed by atoms with Gasteiger partial charge >= 0.3 is 0 Å². The standard InChI is InChI=1S/C18H21N7O3S/c1-10-9-11(2)21-18(20-10)23-17(19)22-14-5-7-15(8-6-14)29(26,27)25-16-12(3)13(4)24-28-16/h5-9,25H,1-4H3,(H3,19,20,21,22,23). The second kappa shape index (κ2) is 7.87. The molecule has 2 heterocycles. The highest BCUT2D eigenvalue weighted by Gasteiger charge is 2.19. The van der Waals surface area contributed by atoms with Crippen molar-refractivity contribution < 1.29 is 12.9 Å². The lowest BCUT2D eigenvalue weighted by atomic mass is 10.3.